The molecule has 2 rings (SSSR count). The Bertz CT molecular complexity index is 521. The van der Waals surface area contributed by atoms with Crippen molar-refractivity contribution in [2.24, 2.45) is 0 Å². The van der Waals surface area contributed by atoms with E-state index < -0.39 is 18.8 Å². The lowest BCUT2D eigenvalue weighted by Crippen LogP contribution is -2.31. The molecule has 1 N–H and O–H groups in total. The van der Waals surface area contributed by atoms with Crippen LogP contribution in [0.1, 0.15) is 18.7 Å². The second-order valence-electron chi connectivity index (χ2n) is 4.14. The number of rotatable bonds is 4. The van der Waals surface area contributed by atoms with E-state index in [-0.39, 0.29) is 0 Å². The summed E-state index contributed by atoms with van der Waals surface area (Å²) < 4.78 is 37.8. The van der Waals surface area contributed by atoms with Crippen molar-refractivity contribution in [3.8, 4) is 5.69 Å². The molecule has 0 bridgehead atoms. The second kappa shape index (κ2) is 5.40. The molecular formula is C12H13F3N4. The molecule has 0 spiro atoms. The highest BCUT2D eigenvalue weighted by atomic mass is 19.4. The van der Waals surface area contributed by atoms with Gasteiger partial charge in [0, 0.05) is 0 Å². The Morgan fingerprint density at radius 3 is 2.58 bits per heavy atom. The Labute approximate surface area is 108 Å². The van der Waals surface area contributed by atoms with Crippen molar-refractivity contribution in [2.75, 3.05) is 6.54 Å². The summed E-state index contributed by atoms with van der Waals surface area (Å²) in [5.74, 6) is 0. The summed E-state index contributed by atoms with van der Waals surface area (Å²) >= 11 is 0. The van der Waals surface area contributed by atoms with E-state index in [1.54, 1.807) is 13.1 Å². The SMILES string of the molecule is C[C@@H](NCC(F)(F)F)c1cn(-c2ccccc2)nn1. The van der Waals surface area contributed by atoms with Crippen LogP contribution in [0.15, 0.2) is 36.5 Å². The van der Waals surface area contributed by atoms with Gasteiger partial charge >= 0.3 is 6.18 Å². The van der Waals surface area contributed by atoms with Gasteiger partial charge in [-0.1, -0.05) is 23.4 Å². The van der Waals surface area contributed by atoms with Crippen LogP contribution in [-0.2, 0) is 0 Å². The average Bonchev–Trinajstić information content (AvgIpc) is 2.86. The lowest BCUT2D eigenvalue weighted by atomic mass is 10.2. The van der Waals surface area contributed by atoms with Gasteiger partial charge in [-0.05, 0) is 19.1 Å². The second-order valence-corrected chi connectivity index (χ2v) is 4.14. The van der Waals surface area contributed by atoms with E-state index in [2.05, 4.69) is 15.6 Å². The quantitative estimate of drug-likeness (QED) is 0.928. The summed E-state index contributed by atoms with van der Waals surface area (Å²) in [4.78, 5) is 0. The molecule has 0 fully saturated rings. The van der Waals surface area contributed by atoms with Crippen LogP contribution in [0, 0.1) is 0 Å². The topological polar surface area (TPSA) is 42.7 Å². The smallest absolute Gasteiger partial charge is 0.301 e. The highest BCUT2D eigenvalue weighted by molar-refractivity contribution is 5.30. The maximum atomic E-state index is 12.1. The summed E-state index contributed by atoms with van der Waals surface area (Å²) in [5.41, 5.74) is 1.28. The molecule has 102 valence electrons. The van der Waals surface area contributed by atoms with Crippen LogP contribution in [0.3, 0.4) is 0 Å². The minimum Gasteiger partial charge on any atom is -0.301 e. The summed E-state index contributed by atoms with van der Waals surface area (Å²) in [5, 5.41) is 10.1. The van der Waals surface area contributed by atoms with Gasteiger partial charge in [0.15, 0.2) is 0 Å². The van der Waals surface area contributed by atoms with Gasteiger partial charge in [0.25, 0.3) is 0 Å². The zero-order valence-corrected chi connectivity index (χ0v) is 10.2. The fraction of sp³-hybridized carbons (Fsp3) is 0.333. The van der Waals surface area contributed by atoms with E-state index in [0.29, 0.717) is 5.69 Å². The van der Waals surface area contributed by atoms with E-state index in [1.807, 2.05) is 30.3 Å². The number of hydrogen-bond acceptors (Lipinski definition) is 3. The van der Waals surface area contributed by atoms with Crippen molar-refractivity contribution in [2.45, 2.75) is 19.1 Å². The maximum absolute atomic E-state index is 12.1. The number of nitrogens with zero attached hydrogens (tertiary/aromatic N) is 3. The average molecular weight is 270 g/mol. The minimum absolute atomic E-state index is 0.466. The van der Waals surface area contributed by atoms with Crippen molar-refractivity contribution in [1.29, 1.82) is 0 Å². The molecule has 0 saturated heterocycles. The normalized spacial score (nSPS) is 13.5. The lowest BCUT2D eigenvalue weighted by molar-refractivity contribution is -0.126. The molecule has 0 aliphatic heterocycles. The van der Waals surface area contributed by atoms with Crippen LogP contribution < -0.4 is 5.32 Å². The molecule has 4 nitrogen and oxygen atoms in total. The van der Waals surface area contributed by atoms with Crippen molar-refractivity contribution < 1.29 is 13.2 Å². The predicted octanol–water partition coefficient (Wildman–Crippen LogP) is 2.48. The van der Waals surface area contributed by atoms with E-state index in [9.17, 15) is 13.2 Å². The van der Waals surface area contributed by atoms with Gasteiger partial charge in [0.05, 0.1) is 30.2 Å². The molecule has 7 heteroatoms. The van der Waals surface area contributed by atoms with Crippen LogP contribution in [-0.4, -0.2) is 27.7 Å². The van der Waals surface area contributed by atoms with Crippen molar-refractivity contribution in [3.63, 3.8) is 0 Å². The van der Waals surface area contributed by atoms with Crippen LogP contribution in [0.4, 0.5) is 13.2 Å². The van der Waals surface area contributed by atoms with Crippen molar-refractivity contribution in [1.82, 2.24) is 20.3 Å². The van der Waals surface area contributed by atoms with Crippen molar-refractivity contribution >= 4 is 0 Å². The highest BCUT2D eigenvalue weighted by Gasteiger charge is 2.28. The Kier molecular flexibility index (Phi) is 3.84. The zero-order valence-electron chi connectivity index (χ0n) is 10.2. The van der Waals surface area contributed by atoms with Crippen molar-refractivity contribution in [3.05, 3.63) is 42.2 Å². The Balaban J connectivity index is 2.05. The highest BCUT2D eigenvalue weighted by Crippen LogP contribution is 2.16. The third-order valence-corrected chi connectivity index (χ3v) is 2.58. The van der Waals surface area contributed by atoms with Gasteiger partial charge in [0.2, 0.25) is 0 Å². The molecular weight excluding hydrogens is 257 g/mol. The molecule has 0 radical (unpaired) electrons. The molecule has 0 aliphatic carbocycles. The first-order valence-corrected chi connectivity index (χ1v) is 5.73. The van der Waals surface area contributed by atoms with Gasteiger partial charge < -0.3 is 5.32 Å². The van der Waals surface area contributed by atoms with Gasteiger partial charge in [-0.2, -0.15) is 13.2 Å². The Hall–Kier alpha value is -1.89. The third kappa shape index (κ3) is 3.78. The first-order chi connectivity index (χ1) is 8.96. The molecule has 1 aromatic carbocycles. The molecule has 0 saturated carbocycles. The maximum Gasteiger partial charge on any atom is 0.401 e. The standard InChI is InChI=1S/C12H13F3N4/c1-9(16-8-12(13,14)15)11-7-19(18-17-11)10-5-3-2-4-6-10/h2-7,9,16H,8H2,1H3/t9-/m1/s1. The van der Waals surface area contributed by atoms with E-state index in [4.69, 9.17) is 0 Å². The van der Waals surface area contributed by atoms with E-state index in [1.165, 1.54) is 4.68 Å². The summed E-state index contributed by atoms with van der Waals surface area (Å²) in [7, 11) is 0. The van der Waals surface area contributed by atoms with Crippen LogP contribution in [0.2, 0.25) is 0 Å². The zero-order chi connectivity index (χ0) is 13.9. The molecule has 0 unspecified atom stereocenters. The molecule has 1 heterocycles. The third-order valence-electron chi connectivity index (χ3n) is 2.58. The van der Waals surface area contributed by atoms with Crippen LogP contribution >= 0.6 is 0 Å². The summed E-state index contributed by atoms with van der Waals surface area (Å²) in [6.45, 7) is 0.567. The van der Waals surface area contributed by atoms with Gasteiger partial charge in [-0.3, -0.25) is 0 Å². The molecule has 0 amide bonds. The molecule has 19 heavy (non-hydrogen) atoms. The lowest BCUT2D eigenvalue weighted by Gasteiger charge is -2.12. The molecule has 0 aliphatic rings. The number of halogens is 3. The van der Waals surface area contributed by atoms with Gasteiger partial charge in [-0.15, -0.1) is 5.10 Å². The van der Waals surface area contributed by atoms with Gasteiger partial charge in [0.1, 0.15) is 0 Å². The molecule has 1 atom stereocenters. The first-order valence-electron chi connectivity index (χ1n) is 5.73. The number of para-hydroxylation sites is 1. The molecule has 2 aromatic rings. The van der Waals surface area contributed by atoms with E-state index in [0.717, 1.165) is 5.69 Å². The largest absolute Gasteiger partial charge is 0.401 e. The summed E-state index contributed by atoms with van der Waals surface area (Å²) in [6, 6.07) is 8.73. The predicted molar refractivity (Wildman–Crippen MR) is 63.8 cm³/mol. The van der Waals surface area contributed by atoms with Crippen LogP contribution in [0.5, 0.6) is 0 Å². The Morgan fingerprint density at radius 2 is 1.95 bits per heavy atom. The fourth-order valence-corrected chi connectivity index (χ4v) is 1.56. The summed E-state index contributed by atoms with van der Waals surface area (Å²) in [6.07, 6.45) is -2.62. The Morgan fingerprint density at radius 1 is 1.26 bits per heavy atom. The minimum atomic E-state index is -4.23. The van der Waals surface area contributed by atoms with E-state index >= 15 is 0 Å². The first kappa shape index (κ1) is 13.5. The number of nitrogens with one attached hydrogen (secondary N) is 1. The fourth-order valence-electron chi connectivity index (χ4n) is 1.56. The number of alkyl halides is 3. The van der Waals surface area contributed by atoms with Gasteiger partial charge in [-0.25, -0.2) is 4.68 Å². The number of hydrogen-bond donors (Lipinski definition) is 1. The molecule has 1 aromatic heterocycles. The monoisotopic (exact) mass is 270 g/mol. The number of benzene rings is 1. The van der Waals surface area contributed by atoms with Crippen LogP contribution in [0.25, 0.3) is 5.69 Å². The number of aromatic nitrogens is 3.